The van der Waals surface area contributed by atoms with Crippen LogP contribution >= 0.6 is 11.6 Å². The van der Waals surface area contributed by atoms with Gasteiger partial charge in [-0.25, -0.2) is 0 Å². The van der Waals surface area contributed by atoms with Crippen molar-refractivity contribution in [3.63, 3.8) is 0 Å². The molecule has 0 radical (unpaired) electrons. The zero-order valence-electron chi connectivity index (χ0n) is 11.1. The maximum atomic E-state index is 9.09. The molecule has 0 aliphatic heterocycles. The molecule has 0 atom stereocenters. The van der Waals surface area contributed by atoms with Crippen LogP contribution in [0, 0.1) is 0 Å². The summed E-state index contributed by atoms with van der Waals surface area (Å²) >= 11 is 6.09. The Hall–Kier alpha value is -1.91. The fourth-order valence-corrected chi connectivity index (χ4v) is 2.01. The molecule has 106 valence electrons. The van der Waals surface area contributed by atoms with Crippen LogP contribution in [0.4, 0.5) is 5.69 Å². The van der Waals surface area contributed by atoms with Gasteiger partial charge in [-0.2, -0.15) is 0 Å². The topological polar surface area (TPSA) is 64.7 Å². The van der Waals surface area contributed by atoms with E-state index in [4.69, 9.17) is 31.9 Å². The number of benzene rings is 2. The van der Waals surface area contributed by atoms with Gasteiger partial charge in [0.1, 0.15) is 6.61 Å². The molecule has 4 nitrogen and oxygen atoms in total. The van der Waals surface area contributed by atoms with Gasteiger partial charge < -0.3 is 20.3 Å². The van der Waals surface area contributed by atoms with Crippen molar-refractivity contribution in [1.82, 2.24) is 0 Å². The Labute approximate surface area is 122 Å². The van der Waals surface area contributed by atoms with E-state index in [1.807, 2.05) is 6.07 Å². The molecular weight excluding hydrogens is 278 g/mol. The molecule has 0 fully saturated rings. The summed E-state index contributed by atoms with van der Waals surface area (Å²) in [6.07, 6.45) is 0. The van der Waals surface area contributed by atoms with Crippen LogP contribution in [-0.4, -0.2) is 12.2 Å². The summed E-state index contributed by atoms with van der Waals surface area (Å²) < 4.78 is 10.9. The average molecular weight is 294 g/mol. The normalized spacial score (nSPS) is 10.3. The Morgan fingerprint density at radius 1 is 1.15 bits per heavy atom. The van der Waals surface area contributed by atoms with Crippen molar-refractivity contribution in [2.45, 2.75) is 13.2 Å². The molecule has 3 N–H and O–H groups in total. The lowest BCUT2D eigenvalue weighted by Gasteiger charge is -2.12. The second-order valence-electron chi connectivity index (χ2n) is 4.28. The van der Waals surface area contributed by atoms with Gasteiger partial charge in [0.2, 0.25) is 0 Å². The van der Waals surface area contributed by atoms with E-state index in [0.29, 0.717) is 28.8 Å². The molecule has 0 heterocycles. The van der Waals surface area contributed by atoms with Crippen molar-refractivity contribution in [3.05, 3.63) is 52.5 Å². The van der Waals surface area contributed by atoms with Gasteiger partial charge in [0.15, 0.2) is 11.5 Å². The lowest BCUT2D eigenvalue weighted by molar-refractivity contribution is 0.274. The van der Waals surface area contributed by atoms with Gasteiger partial charge in [0.25, 0.3) is 0 Å². The van der Waals surface area contributed by atoms with E-state index in [0.717, 1.165) is 11.1 Å². The number of hydrogen-bond acceptors (Lipinski definition) is 4. The van der Waals surface area contributed by atoms with Crippen LogP contribution in [0.5, 0.6) is 11.5 Å². The molecule has 0 aromatic heterocycles. The Morgan fingerprint density at radius 3 is 2.60 bits per heavy atom. The van der Waals surface area contributed by atoms with Gasteiger partial charge in [0.05, 0.1) is 13.7 Å². The molecule has 0 spiro atoms. The predicted octanol–water partition coefficient (Wildman–Crippen LogP) is 3.00. The van der Waals surface area contributed by atoms with E-state index in [1.165, 1.54) is 0 Å². The molecule has 5 heteroatoms. The fraction of sp³-hybridized carbons (Fsp3) is 0.200. The molecule has 20 heavy (non-hydrogen) atoms. The lowest BCUT2D eigenvalue weighted by atomic mass is 10.2. The number of ether oxygens (including phenoxy) is 2. The Morgan fingerprint density at radius 2 is 1.95 bits per heavy atom. The highest BCUT2D eigenvalue weighted by Crippen LogP contribution is 2.29. The highest BCUT2D eigenvalue weighted by Gasteiger charge is 2.07. The second kappa shape index (κ2) is 6.50. The number of nitrogen functional groups attached to an aromatic ring is 1. The van der Waals surface area contributed by atoms with Crippen LogP contribution in [0.2, 0.25) is 5.02 Å². The molecule has 0 unspecified atom stereocenters. The molecule has 0 saturated heterocycles. The number of halogens is 1. The largest absolute Gasteiger partial charge is 0.493 e. The molecular formula is C15H16ClNO3. The van der Waals surface area contributed by atoms with Crippen molar-refractivity contribution >= 4 is 17.3 Å². The quantitative estimate of drug-likeness (QED) is 0.832. The molecule has 0 aliphatic rings. The van der Waals surface area contributed by atoms with E-state index < -0.39 is 0 Å². The fourth-order valence-electron chi connectivity index (χ4n) is 1.77. The standard InChI is InChI=1S/C15H16ClNO3/c1-19-15-6-10(8-18)2-5-14(15)20-9-11-3-4-12(17)7-13(11)16/h2-7,18H,8-9,17H2,1H3. The number of aliphatic hydroxyl groups excluding tert-OH is 1. The third-order valence-electron chi connectivity index (χ3n) is 2.87. The zero-order chi connectivity index (χ0) is 14.5. The zero-order valence-corrected chi connectivity index (χ0v) is 11.9. The van der Waals surface area contributed by atoms with Crippen molar-refractivity contribution in [1.29, 1.82) is 0 Å². The van der Waals surface area contributed by atoms with Crippen LogP contribution < -0.4 is 15.2 Å². The first-order valence-corrected chi connectivity index (χ1v) is 6.46. The number of methoxy groups -OCH3 is 1. The summed E-state index contributed by atoms with van der Waals surface area (Å²) in [7, 11) is 1.56. The first kappa shape index (κ1) is 14.5. The predicted molar refractivity (Wildman–Crippen MR) is 79.1 cm³/mol. The summed E-state index contributed by atoms with van der Waals surface area (Å²) in [6.45, 7) is 0.272. The molecule has 0 aliphatic carbocycles. The Balaban J connectivity index is 2.14. The van der Waals surface area contributed by atoms with Crippen LogP contribution in [0.3, 0.4) is 0 Å². The smallest absolute Gasteiger partial charge is 0.161 e. The Kier molecular flexibility index (Phi) is 4.71. The number of aliphatic hydroxyl groups is 1. The molecule has 2 aromatic rings. The SMILES string of the molecule is COc1cc(CO)ccc1OCc1ccc(N)cc1Cl. The molecule has 2 aromatic carbocycles. The van der Waals surface area contributed by atoms with Gasteiger partial charge in [-0.05, 0) is 29.8 Å². The van der Waals surface area contributed by atoms with Gasteiger partial charge in [-0.1, -0.05) is 23.7 Å². The summed E-state index contributed by atoms with van der Waals surface area (Å²) in [5.41, 5.74) is 7.86. The number of nitrogens with two attached hydrogens (primary N) is 1. The van der Waals surface area contributed by atoms with Gasteiger partial charge in [-0.3, -0.25) is 0 Å². The van der Waals surface area contributed by atoms with E-state index in [2.05, 4.69) is 0 Å². The van der Waals surface area contributed by atoms with Gasteiger partial charge in [0, 0.05) is 16.3 Å². The highest BCUT2D eigenvalue weighted by molar-refractivity contribution is 6.31. The molecule has 0 amide bonds. The molecule has 0 bridgehead atoms. The highest BCUT2D eigenvalue weighted by atomic mass is 35.5. The minimum absolute atomic E-state index is 0.0412. The van der Waals surface area contributed by atoms with E-state index in [1.54, 1.807) is 37.4 Å². The molecule has 2 rings (SSSR count). The Bertz CT molecular complexity index is 602. The van der Waals surface area contributed by atoms with Crippen molar-refractivity contribution in [3.8, 4) is 11.5 Å². The first-order valence-electron chi connectivity index (χ1n) is 6.08. The van der Waals surface area contributed by atoms with Crippen LogP contribution in [0.1, 0.15) is 11.1 Å². The summed E-state index contributed by atoms with van der Waals surface area (Å²) in [4.78, 5) is 0. The van der Waals surface area contributed by atoms with Gasteiger partial charge in [-0.15, -0.1) is 0 Å². The van der Waals surface area contributed by atoms with Crippen LogP contribution in [0.15, 0.2) is 36.4 Å². The average Bonchev–Trinajstić information content (AvgIpc) is 2.46. The van der Waals surface area contributed by atoms with Crippen LogP contribution in [-0.2, 0) is 13.2 Å². The van der Waals surface area contributed by atoms with Gasteiger partial charge >= 0.3 is 0 Å². The summed E-state index contributed by atoms with van der Waals surface area (Å²) in [6, 6.07) is 10.6. The van der Waals surface area contributed by atoms with E-state index in [9.17, 15) is 0 Å². The monoisotopic (exact) mass is 293 g/mol. The van der Waals surface area contributed by atoms with E-state index >= 15 is 0 Å². The first-order chi connectivity index (χ1) is 9.63. The lowest BCUT2D eigenvalue weighted by Crippen LogP contribution is -1.99. The number of anilines is 1. The number of rotatable bonds is 5. The number of hydrogen-bond donors (Lipinski definition) is 2. The third kappa shape index (κ3) is 3.35. The van der Waals surface area contributed by atoms with Crippen LogP contribution in [0.25, 0.3) is 0 Å². The molecule has 0 saturated carbocycles. The third-order valence-corrected chi connectivity index (χ3v) is 3.22. The van der Waals surface area contributed by atoms with Crippen molar-refractivity contribution < 1.29 is 14.6 Å². The maximum Gasteiger partial charge on any atom is 0.161 e. The minimum Gasteiger partial charge on any atom is -0.493 e. The summed E-state index contributed by atoms with van der Waals surface area (Å²) in [5, 5.41) is 9.66. The van der Waals surface area contributed by atoms with Crippen molar-refractivity contribution in [2.24, 2.45) is 0 Å². The van der Waals surface area contributed by atoms with Crippen molar-refractivity contribution in [2.75, 3.05) is 12.8 Å². The van der Waals surface area contributed by atoms with E-state index in [-0.39, 0.29) is 6.61 Å². The summed E-state index contributed by atoms with van der Waals surface area (Å²) in [5.74, 6) is 1.17. The maximum absolute atomic E-state index is 9.09. The second-order valence-corrected chi connectivity index (χ2v) is 4.69. The minimum atomic E-state index is -0.0412.